The van der Waals surface area contributed by atoms with E-state index in [9.17, 15) is 0 Å². The van der Waals surface area contributed by atoms with Gasteiger partial charge in [0.1, 0.15) is 0 Å². The molecule has 0 aromatic rings. The molecule has 4 heteroatoms. The number of carboxylic acid groups (broad SMARTS) is 2. The van der Waals surface area contributed by atoms with E-state index >= 15 is 0 Å². The minimum atomic E-state index is -1.83. The summed E-state index contributed by atoms with van der Waals surface area (Å²) in [6.45, 7) is 0. The molecule has 0 amide bonds. The molecule has 0 atom stereocenters. The predicted octanol–water partition coefficient (Wildman–Crippen LogP) is 0.220. The molecule has 2 N–H and O–H groups in total. The van der Waals surface area contributed by atoms with Crippen LogP contribution in [0.15, 0.2) is 0 Å². The van der Waals surface area contributed by atoms with Crippen LogP contribution >= 0.6 is 0 Å². The van der Waals surface area contributed by atoms with E-state index in [4.69, 9.17) is 15.0 Å². The van der Waals surface area contributed by atoms with Gasteiger partial charge in [-0.1, -0.05) is 0 Å². The molecule has 0 spiro atoms. The summed E-state index contributed by atoms with van der Waals surface area (Å²) >= 11 is 0. The molecule has 0 bridgehead atoms. The summed E-state index contributed by atoms with van der Waals surface area (Å²) in [5, 5.41) is 13.9. The molecule has 3 nitrogen and oxygen atoms in total. The van der Waals surface area contributed by atoms with Crippen molar-refractivity contribution in [1.82, 2.24) is 0 Å². The van der Waals surface area contributed by atoms with Crippen LogP contribution in [0.2, 0.25) is 0 Å². The molecule has 0 aromatic heterocycles. The average molecular weight is 163 g/mol. The number of hydrogen-bond acceptors (Lipinski definition) is 1. The van der Waals surface area contributed by atoms with Crippen LogP contribution in [0.3, 0.4) is 0 Å². The van der Waals surface area contributed by atoms with Crippen molar-refractivity contribution in [3.63, 3.8) is 0 Å². The van der Waals surface area contributed by atoms with Crippen molar-refractivity contribution < 1.29 is 34.5 Å². The van der Waals surface area contributed by atoms with Crippen LogP contribution < -0.4 is 0 Å². The maximum Gasteiger partial charge on any atom is 0.503 e. The van der Waals surface area contributed by atoms with Crippen molar-refractivity contribution in [3.05, 3.63) is 0 Å². The fraction of sp³-hybridized carbons (Fsp3) is 0. The molecule has 0 aromatic carbocycles. The number of hydrogen-bond donors (Lipinski definition) is 2. The summed E-state index contributed by atoms with van der Waals surface area (Å²) < 4.78 is 0. The zero-order valence-corrected chi connectivity index (χ0v) is 3.89. The fourth-order valence-electron chi connectivity index (χ4n) is 0. The molecule has 5 heavy (non-hydrogen) atoms. The van der Waals surface area contributed by atoms with Gasteiger partial charge in [0.05, 0.1) is 0 Å². The van der Waals surface area contributed by atoms with Crippen LogP contribution in [0, 0.1) is 0 Å². The summed E-state index contributed by atoms with van der Waals surface area (Å²) in [5.41, 5.74) is 0. The summed E-state index contributed by atoms with van der Waals surface area (Å²) in [4.78, 5) is 8.56. The van der Waals surface area contributed by atoms with Crippen molar-refractivity contribution in [2.24, 2.45) is 0 Å². The third-order valence-electron chi connectivity index (χ3n) is 0. The minimum Gasteiger partial charge on any atom is -0.450 e. The van der Waals surface area contributed by atoms with E-state index in [0.717, 1.165) is 0 Å². The van der Waals surface area contributed by atoms with Crippen LogP contribution in [0.4, 0.5) is 4.79 Å². The monoisotopic (exact) mass is 164 g/mol. The second kappa shape index (κ2) is 3.89. The number of carbonyl (C=O) groups is 1. The fourth-order valence-corrected chi connectivity index (χ4v) is 0. The smallest absolute Gasteiger partial charge is 0.450 e. The Morgan fingerprint density at radius 3 is 1.40 bits per heavy atom. The zero-order chi connectivity index (χ0) is 3.58. The number of rotatable bonds is 0. The first kappa shape index (κ1) is 8.86. The SMILES string of the molecule is O=C(O)O.[Ru]. The topological polar surface area (TPSA) is 57.5 Å². The van der Waals surface area contributed by atoms with Gasteiger partial charge in [0.2, 0.25) is 0 Å². The Labute approximate surface area is 41.4 Å². The average Bonchev–Trinajstić information content (AvgIpc) is 0.811. The molecule has 0 saturated carbocycles. The van der Waals surface area contributed by atoms with Gasteiger partial charge in [-0.15, -0.1) is 0 Å². The van der Waals surface area contributed by atoms with Gasteiger partial charge in [-0.2, -0.15) is 0 Å². The Bertz CT molecular complexity index is 29.9. The summed E-state index contributed by atoms with van der Waals surface area (Å²) in [5.74, 6) is 0. The van der Waals surface area contributed by atoms with Crippen LogP contribution in [-0.2, 0) is 19.5 Å². The van der Waals surface area contributed by atoms with Gasteiger partial charge < -0.3 is 10.2 Å². The van der Waals surface area contributed by atoms with E-state index in [1.165, 1.54) is 0 Å². The second-order valence-electron chi connectivity index (χ2n) is 0.283. The summed E-state index contributed by atoms with van der Waals surface area (Å²) in [6.07, 6.45) is -1.83. The maximum absolute atomic E-state index is 8.56. The van der Waals surface area contributed by atoms with Gasteiger partial charge in [0.15, 0.2) is 0 Å². The van der Waals surface area contributed by atoms with E-state index in [-0.39, 0.29) is 19.5 Å². The Kier molecular flexibility index (Phi) is 6.90. The van der Waals surface area contributed by atoms with Gasteiger partial charge in [-0.3, -0.25) is 0 Å². The molecule has 0 saturated heterocycles. The van der Waals surface area contributed by atoms with Crippen molar-refractivity contribution in [3.8, 4) is 0 Å². The molecule has 32 valence electrons. The van der Waals surface area contributed by atoms with Crippen LogP contribution in [-0.4, -0.2) is 16.4 Å². The molecule has 0 rings (SSSR count). The van der Waals surface area contributed by atoms with Gasteiger partial charge in [0.25, 0.3) is 0 Å². The molecule has 0 aliphatic rings. The molecular formula is CH2O3Ru. The van der Waals surface area contributed by atoms with E-state index in [1.54, 1.807) is 0 Å². The molecule has 0 heterocycles. The van der Waals surface area contributed by atoms with Crippen molar-refractivity contribution in [2.75, 3.05) is 0 Å². The van der Waals surface area contributed by atoms with Crippen LogP contribution in [0.25, 0.3) is 0 Å². The normalized spacial score (nSPS) is 4.80. The van der Waals surface area contributed by atoms with E-state index in [1.807, 2.05) is 0 Å². The van der Waals surface area contributed by atoms with E-state index in [2.05, 4.69) is 0 Å². The Balaban J connectivity index is 0. The molecule has 0 radical (unpaired) electrons. The summed E-state index contributed by atoms with van der Waals surface area (Å²) in [6, 6.07) is 0. The predicted molar refractivity (Wildman–Crippen MR) is 10.7 cm³/mol. The Hall–Kier alpha value is -0.107. The van der Waals surface area contributed by atoms with Gasteiger partial charge in [-0.25, -0.2) is 4.79 Å². The van der Waals surface area contributed by atoms with E-state index < -0.39 is 6.16 Å². The molecule has 0 aliphatic heterocycles. The van der Waals surface area contributed by atoms with E-state index in [0.29, 0.717) is 0 Å². The second-order valence-corrected chi connectivity index (χ2v) is 0.283. The Morgan fingerprint density at radius 1 is 1.40 bits per heavy atom. The Morgan fingerprint density at radius 2 is 1.40 bits per heavy atom. The van der Waals surface area contributed by atoms with Crippen LogP contribution in [0.5, 0.6) is 0 Å². The van der Waals surface area contributed by atoms with Gasteiger partial charge in [0, 0.05) is 19.5 Å². The van der Waals surface area contributed by atoms with Gasteiger partial charge in [-0.05, 0) is 0 Å². The first-order valence-electron chi connectivity index (χ1n) is 0.651. The van der Waals surface area contributed by atoms with Crippen LogP contribution in [0.1, 0.15) is 0 Å². The zero-order valence-electron chi connectivity index (χ0n) is 2.16. The quantitative estimate of drug-likeness (QED) is 0.502. The first-order valence-corrected chi connectivity index (χ1v) is 0.651. The largest absolute Gasteiger partial charge is 0.503 e. The molecule has 0 fully saturated rings. The van der Waals surface area contributed by atoms with Crippen molar-refractivity contribution in [2.45, 2.75) is 0 Å². The molecule has 0 aliphatic carbocycles. The molecular weight excluding hydrogens is 161 g/mol. The summed E-state index contributed by atoms with van der Waals surface area (Å²) in [7, 11) is 0. The van der Waals surface area contributed by atoms with Crippen molar-refractivity contribution in [1.29, 1.82) is 0 Å². The first-order chi connectivity index (χ1) is 1.73. The third kappa shape index (κ3) is 1230. The van der Waals surface area contributed by atoms with Crippen molar-refractivity contribution >= 4 is 6.16 Å². The standard InChI is InChI=1S/CH2O3.Ru/c2-1(3)4;/h(H2,2,3,4);. The molecule has 0 unspecified atom stereocenters. The van der Waals surface area contributed by atoms with Gasteiger partial charge >= 0.3 is 6.16 Å². The third-order valence-corrected chi connectivity index (χ3v) is 0. The maximum atomic E-state index is 8.56. The minimum absolute atomic E-state index is 0.